The zero-order valence-corrected chi connectivity index (χ0v) is 8.50. The summed E-state index contributed by atoms with van der Waals surface area (Å²) in [6, 6.07) is 0.193. The normalized spacial score (nSPS) is 13.2. The zero-order valence-electron chi connectivity index (χ0n) is 8.50. The van der Waals surface area contributed by atoms with Gasteiger partial charge in [0.2, 0.25) is 5.89 Å². The summed E-state index contributed by atoms with van der Waals surface area (Å²) in [4.78, 5) is 4.30. The van der Waals surface area contributed by atoms with E-state index in [1.165, 1.54) is 0 Å². The molecule has 0 aromatic carbocycles. The second kappa shape index (κ2) is 4.97. The highest BCUT2D eigenvalue weighted by Crippen LogP contribution is 2.13. The molecule has 0 saturated carbocycles. The van der Waals surface area contributed by atoms with E-state index < -0.39 is 0 Å². The molecule has 1 rings (SSSR count). The van der Waals surface area contributed by atoms with Crippen molar-refractivity contribution in [3.8, 4) is 0 Å². The van der Waals surface area contributed by atoms with Gasteiger partial charge in [-0.05, 0) is 19.9 Å². The Morgan fingerprint density at radius 1 is 1.46 bits per heavy atom. The molecule has 0 aliphatic rings. The third-order valence-electron chi connectivity index (χ3n) is 2.01. The fraction of sp³-hybridized carbons (Fsp3) is 0.778. The number of hydrogen-bond acceptors (Lipinski definition) is 4. The number of aryl methyl sites for hydroxylation is 1. The largest absolute Gasteiger partial charge is 0.338 e. The van der Waals surface area contributed by atoms with Gasteiger partial charge in [-0.3, -0.25) is 0 Å². The molecule has 1 aromatic rings. The van der Waals surface area contributed by atoms with Crippen LogP contribution >= 0.6 is 0 Å². The maximum absolute atomic E-state index is 5.14. The van der Waals surface area contributed by atoms with Gasteiger partial charge in [-0.2, -0.15) is 4.98 Å². The van der Waals surface area contributed by atoms with Crippen LogP contribution in [0, 0.1) is 0 Å². The molecule has 1 N–H and O–H groups in total. The number of hydrogen-bond donors (Lipinski definition) is 1. The van der Waals surface area contributed by atoms with Crippen LogP contribution in [-0.2, 0) is 6.42 Å². The van der Waals surface area contributed by atoms with Crippen molar-refractivity contribution in [2.45, 2.75) is 39.2 Å². The Hall–Kier alpha value is -0.900. The first-order valence-corrected chi connectivity index (χ1v) is 4.81. The smallest absolute Gasteiger partial charge is 0.243 e. The van der Waals surface area contributed by atoms with Crippen LogP contribution in [0.2, 0.25) is 0 Å². The van der Waals surface area contributed by atoms with Crippen molar-refractivity contribution in [1.29, 1.82) is 0 Å². The van der Waals surface area contributed by atoms with Crippen molar-refractivity contribution >= 4 is 0 Å². The number of rotatable bonds is 5. The topological polar surface area (TPSA) is 51.0 Å². The molecule has 1 aromatic heterocycles. The summed E-state index contributed by atoms with van der Waals surface area (Å²) in [7, 11) is 1.90. The lowest BCUT2D eigenvalue weighted by Crippen LogP contribution is -2.15. The summed E-state index contributed by atoms with van der Waals surface area (Å²) < 4.78 is 5.14. The van der Waals surface area contributed by atoms with E-state index in [0.717, 1.165) is 25.1 Å². The lowest BCUT2D eigenvalue weighted by atomic mass is 10.2. The van der Waals surface area contributed by atoms with E-state index in [4.69, 9.17) is 4.52 Å². The Morgan fingerprint density at radius 3 is 2.77 bits per heavy atom. The lowest BCUT2D eigenvalue weighted by molar-refractivity contribution is 0.331. The third-order valence-corrected chi connectivity index (χ3v) is 2.01. The number of nitrogens with one attached hydrogen (secondary N) is 1. The van der Waals surface area contributed by atoms with Gasteiger partial charge in [-0.1, -0.05) is 19.0 Å². The van der Waals surface area contributed by atoms with E-state index in [9.17, 15) is 0 Å². The predicted octanol–water partition coefficient (Wildman–Crippen LogP) is 1.69. The highest BCUT2D eigenvalue weighted by molar-refractivity contribution is 4.92. The maximum Gasteiger partial charge on any atom is 0.243 e. The molecule has 1 atom stereocenters. The van der Waals surface area contributed by atoms with Gasteiger partial charge in [0.1, 0.15) is 0 Å². The molecule has 4 nitrogen and oxygen atoms in total. The first-order valence-electron chi connectivity index (χ1n) is 4.81. The van der Waals surface area contributed by atoms with E-state index in [-0.39, 0.29) is 6.04 Å². The number of nitrogens with zero attached hydrogens (tertiary/aromatic N) is 2. The average Bonchev–Trinajstić information content (AvgIpc) is 2.56. The average molecular weight is 183 g/mol. The molecule has 1 unspecified atom stereocenters. The van der Waals surface area contributed by atoms with Crippen LogP contribution in [0.5, 0.6) is 0 Å². The molecule has 0 saturated heterocycles. The monoisotopic (exact) mass is 183 g/mol. The molecular weight excluding hydrogens is 166 g/mol. The Balaban J connectivity index is 2.66. The highest BCUT2D eigenvalue weighted by Gasteiger charge is 2.14. The molecule has 74 valence electrons. The Morgan fingerprint density at radius 2 is 2.23 bits per heavy atom. The molecule has 0 spiro atoms. The molecule has 0 aliphatic carbocycles. The van der Waals surface area contributed by atoms with E-state index in [0.29, 0.717) is 5.89 Å². The zero-order chi connectivity index (χ0) is 9.68. The Kier molecular flexibility index (Phi) is 3.89. The SMILES string of the molecule is CCCc1noc(C(CC)NC)n1. The van der Waals surface area contributed by atoms with Gasteiger partial charge in [0.15, 0.2) is 5.82 Å². The standard InChI is InChI=1S/C9H17N3O/c1-4-6-8-11-9(13-12-8)7(5-2)10-3/h7,10H,4-6H2,1-3H3. The molecular formula is C9H17N3O. The Bertz CT molecular complexity index is 243. The van der Waals surface area contributed by atoms with Crippen LogP contribution < -0.4 is 5.32 Å². The molecule has 0 aliphatic heterocycles. The summed E-state index contributed by atoms with van der Waals surface area (Å²) in [6.45, 7) is 4.19. The minimum absolute atomic E-state index is 0.193. The summed E-state index contributed by atoms with van der Waals surface area (Å²) >= 11 is 0. The molecule has 13 heavy (non-hydrogen) atoms. The summed E-state index contributed by atoms with van der Waals surface area (Å²) in [6.07, 6.45) is 2.91. The quantitative estimate of drug-likeness (QED) is 0.754. The van der Waals surface area contributed by atoms with Crippen molar-refractivity contribution in [3.63, 3.8) is 0 Å². The van der Waals surface area contributed by atoms with Gasteiger partial charge in [-0.25, -0.2) is 0 Å². The summed E-state index contributed by atoms with van der Waals surface area (Å²) in [5.74, 6) is 1.51. The Labute approximate surface area is 78.7 Å². The van der Waals surface area contributed by atoms with E-state index in [2.05, 4.69) is 29.3 Å². The van der Waals surface area contributed by atoms with Crippen LogP contribution in [-0.4, -0.2) is 17.2 Å². The van der Waals surface area contributed by atoms with Crippen LogP contribution in [0.1, 0.15) is 44.4 Å². The minimum atomic E-state index is 0.193. The summed E-state index contributed by atoms with van der Waals surface area (Å²) in [5.41, 5.74) is 0. The third kappa shape index (κ3) is 2.52. The van der Waals surface area contributed by atoms with Gasteiger partial charge in [0.05, 0.1) is 6.04 Å². The van der Waals surface area contributed by atoms with Crippen molar-refractivity contribution in [3.05, 3.63) is 11.7 Å². The lowest BCUT2D eigenvalue weighted by Gasteiger charge is -2.06. The van der Waals surface area contributed by atoms with E-state index >= 15 is 0 Å². The fourth-order valence-corrected chi connectivity index (χ4v) is 1.24. The van der Waals surface area contributed by atoms with Crippen molar-refractivity contribution in [1.82, 2.24) is 15.5 Å². The van der Waals surface area contributed by atoms with Crippen LogP contribution in [0.15, 0.2) is 4.52 Å². The van der Waals surface area contributed by atoms with Crippen LogP contribution in [0.3, 0.4) is 0 Å². The van der Waals surface area contributed by atoms with Gasteiger partial charge in [0.25, 0.3) is 0 Å². The van der Waals surface area contributed by atoms with Gasteiger partial charge >= 0.3 is 0 Å². The fourth-order valence-electron chi connectivity index (χ4n) is 1.24. The van der Waals surface area contributed by atoms with E-state index in [1.807, 2.05) is 7.05 Å². The van der Waals surface area contributed by atoms with Gasteiger partial charge < -0.3 is 9.84 Å². The molecule has 1 heterocycles. The van der Waals surface area contributed by atoms with Crippen molar-refractivity contribution < 1.29 is 4.52 Å². The van der Waals surface area contributed by atoms with Crippen LogP contribution in [0.4, 0.5) is 0 Å². The maximum atomic E-state index is 5.14. The van der Waals surface area contributed by atoms with Gasteiger partial charge in [0, 0.05) is 6.42 Å². The summed E-state index contributed by atoms with van der Waals surface area (Å²) in [5, 5.41) is 7.02. The first kappa shape index (κ1) is 10.2. The molecule has 0 fully saturated rings. The number of aromatic nitrogens is 2. The highest BCUT2D eigenvalue weighted by atomic mass is 16.5. The van der Waals surface area contributed by atoms with E-state index in [1.54, 1.807) is 0 Å². The second-order valence-corrected chi connectivity index (χ2v) is 3.05. The minimum Gasteiger partial charge on any atom is -0.338 e. The van der Waals surface area contributed by atoms with Gasteiger partial charge in [-0.15, -0.1) is 0 Å². The van der Waals surface area contributed by atoms with Crippen molar-refractivity contribution in [2.24, 2.45) is 0 Å². The molecule has 0 bridgehead atoms. The van der Waals surface area contributed by atoms with Crippen molar-refractivity contribution in [2.75, 3.05) is 7.05 Å². The predicted molar refractivity (Wildman–Crippen MR) is 50.4 cm³/mol. The molecule has 4 heteroatoms. The molecule has 0 amide bonds. The molecule has 0 radical (unpaired) electrons. The first-order chi connectivity index (χ1) is 6.31. The van der Waals surface area contributed by atoms with Crippen LogP contribution in [0.25, 0.3) is 0 Å². The second-order valence-electron chi connectivity index (χ2n) is 3.05.